The molecule has 3 aromatic rings. The molecule has 136 valence electrons. The van der Waals surface area contributed by atoms with E-state index in [1.165, 1.54) is 12.1 Å². The number of aryl methyl sites for hydroxylation is 1. The van der Waals surface area contributed by atoms with Gasteiger partial charge in [0.05, 0.1) is 4.90 Å². The van der Waals surface area contributed by atoms with Gasteiger partial charge in [-0.05, 0) is 53.5 Å². The van der Waals surface area contributed by atoms with Crippen LogP contribution in [0.1, 0.15) is 12.0 Å². The van der Waals surface area contributed by atoms with E-state index >= 15 is 0 Å². The van der Waals surface area contributed by atoms with Gasteiger partial charge in [0, 0.05) is 13.7 Å². The van der Waals surface area contributed by atoms with Crippen molar-refractivity contribution in [2.75, 3.05) is 13.7 Å². The van der Waals surface area contributed by atoms with Crippen molar-refractivity contribution in [3.63, 3.8) is 0 Å². The SMILES string of the molecule is COCCCc1ccccc1-[n+]1cnnn1-c1ccc(S(=O)(=O)O)cc1. The van der Waals surface area contributed by atoms with Crippen LogP contribution in [0.2, 0.25) is 0 Å². The first-order valence-electron chi connectivity index (χ1n) is 7.98. The molecule has 9 heteroatoms. The highest BCUT2D eigenvalue weighted by atomic mass is 32.2. The molecule has 1 heterocycles. The highest BCUT2D eigenvalue weighted by Gasteiger charge is 2.18. The molecule has 3 rings (SSSR count). The van der Waals surface area contributed by atoms with Gasteiger partial charge in [0.1, 0.15) is 16.5 Å². The lowest BCUT2D eigenvalue weighted by Gasteiger charge is -2.08. The molecule has 2 aromatic carbocycles. The molecule has 0 unspecified atom stereocenters. The van der Waals surface area contributed by atoms with E-state index in [9.17, 15) is 8.42 Å². The fourth-order valence-corrected chi connectivity index (χ4v) is 3.14. The first kappa shape index (κ1) is 18.2. The number of ether oxygens (including phenoxy) is 1. The highest BCUT2D eigenvalue weighted by Crippen LogP contribution is 2.14. The van der Waals surface area contributed by atoms with Crippen LogP contribution >= 0.6 is 0 Å². The summed E-state index contributed by atoms with van der Waals surface area (Å²) in [4.78, 5) is 1.39. The van der Waals surface area contributed by atoms with Crippen molar-refractivity contribution in [2.45, 2.75) is 17.7 Å². The number of methoxy groups -OCH3 is 1. The lowest BCUT2D eigenvalue weighted by Crippen LogP contribution is -2.41. The summed E-state index contributed by atoms with van der Waals surface area (Å²) in [6, 6.07) is 13.7. The molecular formula is C17H19N4O4S+. The summed E-state index contributed by atoms with van der Waals surface area (Å²) in [5, 5.41) is 8.05. The van der Waals surface area contributed by atoms with Gasteiger partial charge in [-0.3, -0.25) is 4.55 Å². The number of tetrazole rings is 1. The van der Waals surface area contributed by atoms with Crippen molar-refractivity contribution in [1.29, 1.82) is 0 Å². The minimum Gasteiger partial charge on any atom is -0.385 e. The van der Waals surface area contributed by atoms with Crippen LogP contribution in [0.4, 0.5) is 0 Å². The molecule has 1 aromatic heterocycles. The summed E-state index contributed by atoms with van der Waals surface area (Å²) in [5.74, 6) is 0. The molecule has 0 atom stereocenters. The average molecular weight is 375 g/mol. The van der Waals surface area contributed by atoms with Crippen LogP contribution in [0.3, 0.4) is 0 Å². The monoisotopic (exact) mass is 375 g/mol. The standard InChI is InChI=1S/C17H18N4O4S/c1-25-12-4-6-14-5-2-3-7-17(14)20-13-18-19-21(20)15-8-10-16(11-9-15)26(22,23)24/h2-3,5,7-11,13H,4,6,12H2,1H3/p+1. The van der Waals surface area contributed by atoms with Gasteiger partial charge in [-0.25, -0.2) is 0 Å². The van der Waals surface area contributed by atoms with E-state index in [4.69, 9.17) is 9.29 Å². The molecule has 0 radical (unpaired) electrons. The average Bonchev–Trinajstić information content (AvgIpc) is 3.11. The molecular weight excluding hydrogens is 356 g/mol. The van der Waals surface area contributed by atoms with Crippen LogP contribution in [0.25, 0.3) is 11.4 Å². The molecule has 0 aliphatic carbocycles. The zero-order valence-electron chi connectivity index (χ0n) is 14.2. The third kappa shape index (κ3) is 3.96. The summed E-state index contributed by atoms with van der Waals surface area (Å²) >= 11 is 0. The van der Waals surface area contributed by atoms with E-state index < -0.39 is 10.1 Å². The number of para-hydroxylation sites is 1. The van der Waals surface area contributed by atoms with Crippen LogP contribution in [0.15, 0.2) is 59.8 Å². The highest BCUT2D eigenvalue weighted by molar-refractivity contribution is 7.85. The Labute approximate surface area is 151 Å². The molecule has 0 saturated carbocycles. The Morgan fingerprint density at radius 2 is 1.88 bits per heavy atom. The van der Waals surface area contributed by atoms with Crippen LogP contribution < -0.4 is 4.68 Å². The van der Waals surface area contributed by atoms with E-state index in [0.29, 0.717) is 12.3 Å². The Bertz CT molecular complexity index is 984. The molecule has 0 aliphatic rings. The van der Waals surface area contributed by atoms with E-state index in [1.54, 1.807) is 35.0 Å². The third-order valence-electron chi connectivity index (χ3n) is 3.90. The van der Waals surface area contributed by atoms with E-state index in [1.807, 2.05) is 24.3 Å². The lowest BCUT2D eigenvalue weighted by molar-refractivity contribution is -0.680. The van der Waals surface area contributed by atoms with Crippen molar-refractivity contribution in [1.82, 2.24) is 15.1 Å². The zero-order valence-corrected chi connectivity index (χ0v) is 15.0. The Hall–Kier alpha value is -2.62. The molecule has 0 amide bonds. The van der Waals surface area contributed by atoms with Gasteiger partial charge in [-0.15, -0.1) is 4.68 Å². The third-order valence-corrected chi connectivity index (χ3v) is 4.77. The normalized spacial score (nSPS) is 11.6. The Balaban J connectivity index is 1.97. The molecule has 0 aliphatic heterocycles. The molecule has 8 nitrogen and oxygen atoms in total. The van der Waals surface area contributed by atoms with E-state index in [-0.39, 0.29) is 4.90 Å². The number of rotatable bonds is 7. The van der Waals surface area contributed by atoms with Crippen molar-refractivity contribution in [3.05, 3.63) is 60.4 Å². The maximum Gasteiger partial charge on any atom is 0.294 e. The van der Waals surface area contributed by atoms with Crippen molar-refractivity contribution in [3.8, 4) is 11.4 Å². The van der Waals surface area contributed by atoms with Gasteiger partial charge in [0.25, 0.3) is 16.4 Å². The van der Waals surface area contributed by atoms with Gasteiger partial charge >= 0.3 is 0 Å². The number of nitrogens with zero attached hydrogens (tertiary/aromatic N) is 4. The summed E-state index contributed by atoms with van der Waals surface area (Å²) in [5.41, 5.74) is 2.65. The molecule has 26 heavy (non-hydrogen) atoms. The van der Waals surface area contributed by atoms with Crippen LogP contribution in [0.5, 0.6) is 0 Å². The topological polar surface area (TPSA) is 98.2 Å². The molecule has 0 spiro atoms. The predicted octanol–water partition coefficient (Wildman–Crippen LogP) is 1.37. The maximum atomic E-state index is 11.2. The number of hydrogen-bond acceptors (Lipinski definition) is 5. The molecule has 0 fully saturated rings. The Morgan fingerprint density at radius 3 is 2.58 bits per heavy atom. The summed E-state index contributed by atoms with van der Waals surface area (Å²) < 4.78 is 38.4. The smallest absolute Gasteiger partial charge is 0.294 e. The molecule has 0 bridgehead atoms. The molecule has 1 N–H and O–H groups in total. The van der Waals surface area contributed by atoms with Crippen molar-refractivity contribution in [2.24, 2.45) is 0 Å². The minimum absolute atomic E-state index is 0.173. The Morgan fingerprint density at radius 1 is 1.15 bits per heavy atom. The zero-order chi connectivity index (χ0) is 18.6. The first-order chi connectivity index (χ1) is 12.5. The van der Waals surface area contributed by atoms with Gasteiger partial charge in [-0.1, -0.05) is 18.2 Å². The van der Waals surface area contributed by atoms with E-state index in [2.05, 4.69) is 10.3 Å². The fraction of sp³-hybridized carbons (Fsp3) is 0.235. The summed E-state index contributed by atoms with van der Waals surface area (Å²) in [7, 11) is -2.56. The van der Waals surface area contributed by atoms with Crippen LogP contribution in [0, 0.1) is 0 Å². The van der Waals surface area contributed by atoms with Gasteiger partial charge in [-0.2, -0.15) is 8.42 Å². The second-order valence-electron chi connectivity index (χ2n) is 5.65. The van der Waals surface area contributed by atoms with Crippen LogP contribution in [-0.4, -0.2) is 41.8 Å². The quantitative estimate of drug-likeness (QED) is 0.380. The van der Waals surface area contributed by atoms with Crippen molar-refractivity contribution >= 4 is 10.1 Å². The van der Waals surface area contributed by atoms with Gasteiger partial charge in [0.2, 0.25) is 0 Å². The first-order valence-corrected chi connectivity index (χ1v) is 9.42. The van der Waals surface area contributed by atoms with E-state index in [0.717, 1.165) is 24.1 Å². The van der Waals surface area contributed by atoms with Gasteiger partial charge < -0.3 is 4.74 Å². The second-order valence-corrected chi connectivity index (χ2v) is 7.07. The number of aromatic nitrogens is 4. The summed E-state index contributed by atoms with van der Waals surface area (Å²) in [6.45, 7) is 0.674. The Kier molecular flexibility index (Phi) is 5.40. The minimum atomic E-state index is -4.23. The lowest BCUT2D eigenvalue weighted by atomic mass is 10.1. The fourth-order valence-electron chi connectivity index (χ4n) is 2.66. The molecule has 0 saturated heterocycles. The van der Waals surface area contributed by atoms with Crippen LogP contribution in [-0.2, 0) is 21.3 Å². The number of hydrogen-bond donors (Lipinski definition) is 1. The largest absolute Gasteiger partial charge is 0.385 e. The van der Waals surface area contributed by atoms with Gasteiger partial charge in [0.15, 0.2) is 5.21 Å². The summed E-state index contributed by atoms with van der Waals surface area (Å²) in [6.07, 6.45) is 3.31. The van der Waals surface area contributed by atoms with Crippen molar-refractivity contribution < 1.29 is 22.4 Å². The maximum absolute atomic E-state index is 11.2. The number of benzene rings is 2. The second kappa shape index (κ2) is 7.73. The predicted molar refractivity (Wildman–Crippen MR) is 92.9 cm³/mol.